The molecular weight excluding hydrogens is 392 g/mol. The first-order valence-electron chi connectivity index (χ1n) is 9.00. The number of hydrogen-bond donors (Lipinski definition) is 1. The van der Waals surface area contributed by atoms with Crippen LogP contribution in [-0.2, 0) is 16.1 Å². The Morgan fingerprint density at radius 2 is 1.97 bits per heavy atom. The maximum atomic E-state index is 5.93. The average Bonchev–Trinajstić information content (AvgIpc) is 3.16. The molecule has 4 rings (SSSR count). The molecule has 0 amide bonds. The Morgan fingerprint density at radius 3 is 2.79 bits per heavy atom. The van der Waals surface area contributed by atoms with Gasteiger partial charge >= 0.3 is 0 Å². The predicted molar refractivity (Wildman–Crippen MR) is 111 cm³/mol. The maximum Gasteiger partial charge on any atom is 0.229 e. The molecule has 29 heavy (non-hydrogen) atoms. The molecular formula is C20H19ClN6O2. The zero-order valence-electron chi connectivity index (χ0n) is 15.7. The van der Waals surface area contributed by atoms with Gasteiger partial charge in [0.25, 0.3) is 0 Å². The fraction of sp³-hybridized carbons (Fsp3) is 0.200. The van der Waals surface area contributed by atoms with Gasteiger partial charge in [0.05, 0.1) is 31.7 Å². The molecule has 0 bridgehead atoms. The number of rotatable bonds is 8. The van der Waals surface area contributed by atoms with Crippen molar-refractivity contribution in [2.75, 3.05) is 25.6 Å². The van der Waals surface area contributed by atoms with Crippen LogP contribution in [0.5, 0.6) is 0 Å². The molecule has 0 aliphatic rings. The standard InChI is InChI=1S/C20H19ClN6O2/c1-28-9-10-29-13-14-3-2-4-17(11-14)27-19-18(25-26-27)12-22-20(24-19)23-16-7-5-15(21)6-8-16/h2-8,11-12H,9-10,13H2,1H3,(H,22,23,24). The van der Waals surface area contributed by atoms with Gasteiger partial charge in [-0.2, -0.15) is 9.67 Å². The van der Waals surface area contributed by atoms with Crippen LogP contribution in [0.2, 0.25) is 5.02 Å². The smallest absolute Gasteiger partial charge is 0.229 e. The maximum absolute atomic E-state index is 5.93. The van der Waals surface area contributed by atoms with E-state index < -0.39 is 0 Å². The van der Waals surface area contributed by atoms with Crippen LogP contribution in [-0.4, -0.2) is 45.3 Å². The molecule has 0 fully saturated rings. The van der Waals surface area contributed by atoms with Crippen LogP contribution in [0.3, 0.4) is 0 Å². The summed E-state index contributed by atoms with van der Waals surface area (Å²) in [5, 5.41) is 12.2. The van der Waals surface area contributed by atoms with Gasteiger partial charge in [-0.3, -0.25) is 0 Å². The van der Waals surface area contributed by atoms with E-state index in [1.165, 1.54) is 0 Å². The van der Waals surface area contributed by atoms with Crippen molar-refractivity contribution in [2.24, 2.45) is 0 Å². The summed E-state index contributed by atoms with van der Waals surface area (Å²) in [4.78, 5) is 8.88. The molecule has 0 saturated heterocycles. The van der Waals surface area contributed by atoms with Crippen LogP contribution in [0.15, 0.2) is 54.7 Å². The minimum atomic E-state index is 0.447. The number of aromatic nitrogens is 5. The molecule has 2 heterocycles. The highest BCUT2D eigenvalue weighted by molar-refractivity contribution is 6.30. The molecule has 0 saturated carbocycles. The monoisotopic (exact) mass is 410 g/mol. The Balaban J connectivity index is 1.58. The summed E-state index contributed by atoms with van der Waals surface area (Å²) in [5.41, 5.74) is 3.91. The SMILES string of the molecule is COCCOCc1cccc(-n2nnc3cnc(Nc4ccc(Cl)cc4)nc32)c1. The van der Waals surface area contributed by atoms with Gasteiger partial charge in [0, 0.05) is 17.8 Å². The zero-order chi connectivity index (χ0) is 20.1. The molecule has 0 aliphatic heterocycles. The van der Waals surface area contributed by atoms with Gasteiger partial charge in [-0.1, -0.05) is 28.9 Å². The van der Waals surface area contributed by atoms with Crippen LogP contribution >= 0.6 is 11.6 Å². The lowest BCUT2D eigenvalue weighted by atomic mass is 10.2. The van der Waals surface area contributed by atoms with E-state index >= 15 is 0 Å². The number of benzene rings is 2. The Hall–Kier alpha value is -3.07. The van der Waals surface area contributed by atoms with E-state index in [0.717, 1.165) is 16.9 Å². The lowest BCUT2D eigenvalue weighted by Crippen LogP contribution is -2.04. The summed E-state index contributed by atoms with van der Waals surface area (Å²) in [6.45, 7) is 1.59. The highest BCUT2D eigenvalue weighted by atomic mass is 35.5. The third kappa shape index (κ3) is 4.68. The molecule has 1 N–H and O–H groups in total. The second-order valence-electron chi connectivity index (χ2n) is 6.25. The minimum absolute atomic E-state index is 0.447. The molecule has 0 spiro atoms. The summed E-state index contributed by atoms with van der Waals surface area (Å²) < 4.78 is 12.3. The second-order valence-corrected chi connectivity index (χ2v) is 6.69. The van der Waals surface area contributed by atoms with Gasteiger partial charge in [0.1, 0.15) is 0 Å². The molecule has 0 aliphatic carbocycles. The summed E-state index contributed by atoms with van der Waals surface area (Å²) in [5.74, 6) is 0.447. The van der Waals surface area contributed by atoms with E-state index in [1.807, 2.05) is 36.4 Å². The molecule has 2 aromatic carbocycles. The number of halogens is 1. The number of ether oxygens (including phenoxy) is 2. The van der Waals surface area contributed by atoms with E-state index in [2.05, 4.69) is 25.6 Å². The van der Waals surface area contributed by atoms with Crippen LogP contribution in [0.1, 0.15) is 5.56 Å². The number of nitrogens with one attached hydrogen (secondary N) is 1. The number of methoxy groups -OCH3 is 1. The molecule has 2 aromatic heterocycles. The predicted octanol–water partition coefficient (Wildman–Crippen LogP) is 3.77. The molecule has 148 valence electrons. The third-order valence-corrected chi connectivity index (χ3v) is 4.40. The van der Waals surface area contributed by atoms with Gasteiger partial charge < -0.3 is 14.8 Å². The van der Waals surface area contributed by atoms with Crippen LogP contribution in [0.4, 0.5) is 11.6 Å². The summed E-state index contributed by atoms with van der Waals surface area (Å²) in [7, 11) is 1.65. The number of anilines is 2. The Bertz CT molecular complexity index is 1100. The topological polar surface area (TPSA) is 87.0 Å². The summed E-state index contributed by atoms with van der Waals surface area (Å²) in [6, 6.07) is 15.2. The van der Waals surface area contributed by atoms with Crippen molar-refractivity contribution in [1.29, 1.82) is 0 Å². The average molecular weight is 411 g/mol. The van der Waals surface area contributed by atoms with Crippen molar-refractivity contribution >= 4 is 34.4 Å². The van der Waals surface area contributed by atoms with Gasteiger partial charge in [-0.25, -0.2) is 4.98 Å². The van der Waals surface area contributed by atoms with Crippen LogP contribution < -0.4 is 5.32 Å². The van der Waals surface area contributed by atoms with E-state index in [4.69, 9.17) is 21.1 Å². The van der Waals surface area contributed by atoms with E-state index in [0.29, 0.717) is 42.0 Å². The van der Waals surface area contributed by atoms with Crippen molar-refractivity contribution in [1.82, 2.24) is 25.0 Å². The van der Waals surface area contributed by atoms with Crippen LogP contribution in [0, 0.1) is 0 Å². The molecule has 0 unspecified atom stereocenters. The van der Waals surface area contributed by atoms with Gasteiger partial charge in [0.15, 0.2) is 11.2 Å². The molecule has 4 aromatic rings. The van der Waals surface area contributed by atoms with Gasteiger partial charge in [0.2, 0.25) is 5.95 Å². The second kappa shape index (κ2) is 8.95. The van der Waals surface area contributed by atoms with E-state index in [-0.39, 0.29) is 0 Å². The summed E-state index contributed by atoms with van der Waals surface area (Å²) >= 11 is 5.93. The van der Waals surface area contributed by atoms with Crippen molar-refractivity contribution in [3.63, 3.8) is 0 Å². The first-order valence-corrected chi connectivity index (χ1v) is 9.38. The Morgan fingerprint density at radius 1 is 1.10 bits per heavy atom. The Labute approximate surface area is 172 Å². The number of hydrogen-bond acceptors (Lipinski definition) is 7. The quantitative estimate of drug-likeness (QED) is 0.442. The van der Waals surface area contributed by atoms with E-state index in [9.17, 15) is 0 Å². The number of nitrogens with zero attached hydrogens (tertiary/aromatic N) is 5. The van der Waals surface area contributed by atoms with Crippen molar-refractivity contribution in [3.05, 3.63) is 65.3 Å². The molecule has 9 heteroatoms. The fourth-order valence-corrected chi connectivity index (χ4v) is 2.86. The highest BCUT2D eigenvalue weighted by Crippen LogP contribution is 2.20. The molecule has 0 atom stereocenters. The van der Waals surface area contributed by atoms with Crippen molar-refractivity contribution in [2.45, 2.75) is 6.61 Å². The summed E-state index contributed by atoms with van der Waals surface area (Å²) in [6.07, 6.45) is 1.64. The molecule has 8 nitrogen and oxygen atoms in total. The minimum Gasteiger partial charge on any atom is -0.382 e. The first-order chi connectivity index (χ1) is 14.2. The fourth-order valence-electron chi connectivity index (χ4n) is 2.73. The molecule has 0 radical (unpaired) electrons. The van der Waals surface area contributed by atoms with Gasteiger partial charge in [-0.15, -0.1) is 5.10 Å². The zero-order valence-corrected chi connectivity index (χ0v) is 16.5. The number of fused-ring (bicyclic) bond motifs is 1. The lowest BCUT2D eigenvalue weighted by molar-refractivity contribution is 0.0616. The van der Waals surface area contributed by atoms with Crippen molar-refractivity contribution in [3.8, 4) is 5.69 Å². The third-order valence-electron chi connectivity index (χ3n) is 4.15. The largest absolute Gasteiger partial charge is 0.382 e. The van der Waals surface area contributed by atoms with Gasteiger partial charge in [-0.05, 0) is 42.0 Å². The van der Waals surface area contributed by atoms with E-state index in [1.54, 1.807) is 30.1 Å². The normalized spacial score (nSPS) is 11.1. The highest BCUT2D eigenvalue weighted by Gasteiger charge is 2.11. The first kappa shape index (κ1) is 19.3. The Kier molecular flexibility index (Phi) is 5.95. The van der Waals surface area contributed by atoms with Crippen LogP contribution in [0.25, 0.3) is 16.9 Å². The van der Waals surface area contributed by atoms with Crippen molar-refractivity contribution < 1.29 is 9.47 Å². The lowest BCUT2D eigenvalue weighted by Gasteiger charge is -2.08.